The fourth-order valence-corrected chi connectivity index (χ4v) is 5.26. The van der Waals surface area contributed by atoms with Gasteiger partial charge in [0.05, 0.1) is 17.1 Å². The lowest BCUT2D eigenvalue weighted by atomic mass is 9.70. The third-order valence-corrected chi connectivity index (χ3v) is 7.60. The fraction of sp³-hybridized carbons (Fsp3) is 0.143. The van der Waals surface area contributed by atoms with Crippen LogP contribution in [0.3, 0.4) is 0 Å². The average molecular weight is 535 g/mol. The van der Waals surface area contributed by atoms with Gasteiger partial charge in [-0.1, -0.05) is 72.8 Å². The molecular formula is C35H30N6. The first-order valence-corrected chi connectivity index (χ1v) is 13.7. The van der Waals surface area contributed by atoms with Crippen molar-refractivity contribution in [1.82, 2.24) is 29.9 Å². The molecule has 0 aliphatic carbocycles. The number of aromatic nitrogens is 6. The van der Waals surface area contributed by atoms with E-state index in [9.17, 15) is 0 Å². The molecule has 41 heavy (non-hydrogen) atoms. The SMILES string of the molecule is CC(c1ccc(Cc2cnccn2)cc1)(c1ccc(Cc2cnccn2)cc1)c1ccc(Cc2cnccn2)cc1. The van der Waals surface area contributed by atoms with Crippen molar-refractivity contribution in [1.29, 1.82) is 0 Å². The van der Waals surface area contributed by atoms with Crippen LogP contribution in [0, 0.1) is 0 Å². The Hall–Kier alpha value is -5.10. The van der Waals surface area contributed by atoms with E-state index in [4.69, 9.17) is 0 Å². The molecule has 3 aromatic carbocycles. The molecule has 0 unspecified atom stereocenters. The Morgan fingerprint density at radius 2 is 0.707 bits per heavy atom. The Labute approximate surface area is 240 Å². The van der Waals surface area contributed by atoms with E-state index in [1.165, 1.54) is 33.4 Å². The first kappa shape index (κ1) is 26.1. The predicted molar refractivity (Wildman–Crippen MR) is 159 cm³/mol. The molecule has 6 rings (SSSR count). The van der Waals surface area contributed by atoms with Crippen LogP contribution in [0.2, 0.25) is 0 Å². The molecule has 0 aliphatic rings. The molecule has 0 radical (unpaired) electrons. The van der Waals surface area contributed by atoms with E-state index >= 15 is 0 Å². The van der Waals surface area contributed by atoms with Gasteiger partial charge in [-0.05, 0) is 40.3 Å². The van der Waals surface area contributed by atoms with Crippen LogP contribution >= 0.6 is 0 Å². The highest BCUT2D eigenvalue weighted by molar-refractivity contribution is 5.51. The lowest BCUT2D eigenvalue weighted by Crippen LogP contribution is -2.25. The minimum Gasteiger partial charge on any atom is -0.261 e. The number of rotatable bonds is 9. The molecule has 0 fully saturated rings. The van der Waals surface area contributed by atoms with Crippen molar-refractivity contribution >= 4 is 0 Å². The molecule has 0 N–H and O–H groups in total. The van der Waals surface area contributed by atoms with Crippen molar-refractivity contribution in [3.05, 3.63) is 179 Å². The zero-order chi connectivity index (χ0) is 27.9. The molecule has 3 heterocycles. The summed E-state index contributed by atoms with van der Waals surface area (Å²) in [6.45, 7) is 2.31. The van der Waals surface area contributed by atoms with Gasteiger partial charge < -0.3 is 0 Å². The van der Waals surface area contributed by atoms with Crippen molar-refractivity contribution in [2.45, 2.75) is 31.6 Å². The Balaban J connectivity index is 1.33. The molecule has 0 spiro atoms. The van der Waals surface area contributed by atoms with Gasteiger partial charge in [0, 0.05) is 80.4 Å². The van der Waals surface area contributed by atoms with Crippen molar-refractivity contribution in [2.24, 2.45) is 0 Å². The Morgan fingerprint density at radius 3 is 0.951 bits per heavy atom. The molecule has 3 aromatic heterocycles. The monoisotopic (exact) mass is 534 g/mol. The normalized spacial score (nSPS) is 11.3. The van der Waals surface area contributed by atoms with Gasteiger partial charge in [0.1, 0.15) is 0 Å². The molecule has 0 saturated carbocycles. The van der Waals surface area contributed by atoms with Gasteiger partial charge in [-0.15, -0.1) is 0 Å². The zero-order valence-electron chi connectivity index (χ0n) is 22.9. The summed E-state index contributed by atoms with van der Waals surface area (Å²) in [7, 11) is 0. The van der Waals surface area contributed by atoms with Crippen LogP contribution < -0.4 is 0 Å². The maximum absolute atomic E-state index is 4.44. The summed E-state index contributed by atoms with van der Waals surface area (Å²) in [5.41, 5.74) is 9.81. The summed E-state index contributed by atoms with van der Waals surface area (Å²) in [6, 6.07) is 26.7. The highest BCUT2D eigenvalue weighted by atomic mass is 14.8. The Morgan fingerprint density at radius 1 is 0.415 bits per heavy atom. The van der Waals surface area contributed by atoms with Crippen LogP contribution in [0.5, 0.6) is 0 Å². The standard InChI is InChI=1S/C35H30N6/c1-35(29-8-2-26(3-9-29)20-32-23-36-14-17-39-32,30-10-4-27(5-11-30)21-33-24-37-15-18-40-33)31-12-6-28(7-13-31)22-34-25-38-16-19-41-34/h2-19,23-25H,20-22H2,1H3. The third-order valence-electron chi connectivity index (χ3n) is 7.60. The van der Waals surface area contributed by atoms with Crippen LogP contribution in [0.15, 0.2) is 129 Å². The molecule has 0 amide bonds. The van der Waals surface area contributed by atoms with Gasteiger partial charge in [0.15, 0.2) is 0 Å². The van der Waals surface area contributed by atoms with E-state index in [0.717, 1.165) is 36.3 Å². The summed E-state index contributed by atoms with van der Waals surface area (Å²) in [5.74, 6) is 0. The second kappa shape index (κ2) is 12.0. The minimum absolute atomic E-state index is 0.360. The molecule has 200 valence electrons. The van der Waals surface area contributed by atoms with Crippen molar-refractivity contribution < 1.29 is 0 Å². The quantitative estimate of drug-likeness (QED) is 0.206. The number of nitrogens with zero attached hydrogens (tertiary/aromatic N) is 6. The summed E-state index contributed by atoms with van der Waals surface area (Å²) in [5, 5.41) is 0. The van der Waals surface area contributed by atoms with Crippen LogP contribution in [0.1, 0.15) is 57.4 Å². The average Bonchev–Trinajstić information content (AvgIpc) is 3.03. The van der Waals surface area contributed by atoms with E-state index in [-0.39, 0.29) is 5.41 Å². The third kappa shape index (κ3) is 6.07. The molecule has 0 saturated heterocycles. The van der Waals surface area contributed by atoms with E-state index in [2.05, 4.69) is 110 Å². The molecule has 6 aromatic rings. The zero-order valence-corrected chi connectivity index (χ0v) is 22.9. The van der Waals surface area contributed by atoms with E-state index in [1.807, 2.05) is 18.6 Å². The van der Waals surface area contributed by atoms with Gasteiger partial charge in [-0.2, -0.15) is 0 Å². The van der Waals surface area contributed by atoms with E-state index in [0.29, 0.717) is 0 Å². The predicted octanol–water partition coefficient (Wildman–Crippen LogP) is 6.18. The summed E-state index contributed by atoms with van der Waals surface area (Å²) < 4.78 is 0. The Kier molecular flexibility index (Phi) is 7.63. The van der Waals surface area contributed by atoms with Gasteiger partial charge in [-0.3, -0.25) is 29.9 Å². The van der Waals surface area contributed by atoms with Crippen molar-refractivity contribution in [3.8, 4) is 0 Å². The van der Waals surface area contributed by atoms with E-state index < -0.39 is 0 Å². The van der Waals surface area contributed by atoms with Crippen LogP contribution in [-0.4, -0.2) is 29.9 Å². The summed E-state index contributed by atoms with van der Waals surface area (Å²) in [6.07, 6.45) is 18.0. The molecule has 0 atom stereocenters. The van der Waals surface area contributed by atoms with Gasteiger partial charge >= 0.3 is 0 Å². The topological polar surface area (TPSA) is 77.3 Å². The molecule has 0 bridgehead atoms. The van der Waals surface area contributed by atoms with Gasteiger partial charge in [0.2, 0.25) is 0 Å². The number of hydrogen-bond acceptors (Lipinski definition) is 6. The van der Waals surface area contributed by atoms with Gasteiger partial charge in [-0.25, -0.2) is 0 Å². The van der Waals surface area contributed by atoms with Crippen LogP contribution in [0.25, 0.3) is 0 Å². The smallest absolute Gasteiger partial charge is 0.0630 e. The number of hydrogen-bond donors (Lipinski definition) is 0. The van der Waals surface area contributed by atoms with Crippen molar-refractivity contribution in [3.63, 3.8) is 0 Å². The largest absolute Gasteiger partial charge is 0.261 e. The fourth-order valence-electron chi connectivity index (χ4n) is 5.26. The maximum atomic E-state index is 4.44. The maximum Gasteiger partial charge on any atom is 0.0630 e. The lowest BCUT2D eigenvalue weighted by Gasteiger charge is -2.32. The molecule has 6 heteroatoms. The van der Waals surface area contributed by atoms with Crippen molar-refractivity contribution in [2.75, 3.05) is 0 Å². The summed E-state index contributed by atoms with van der Waals surface area (Å²) >= 11 is 0. The lowest BCUT2D eigenvalue weighted by molar-refractivity contribution is 0.691. The Bertz CT molecular complexity index is 1470. The first-order valence-electron chi connectivity index (χ1n) is 13.7. The summed E-state index contributed by atoms with van der Waals surface area (Å²) in [4.78, 5) is 25.9. The second-order valence-corrected chi connectivity index (χ2v) is 10.3. The number of benzene rings is 3. The molecule has 6 nitrogen and oxygen atoms in total. The molecular weight excluding hydrogens is 504 g/mol. The highest BCUT2D eigenvalue weighted by Gasteiger charge is 2.31. The van der Waals surface area contributed by atoms with Crippen LogP contribution in [-0.2, 0) is 24.7 Å². The van der Waals surface area contributed by atoms with E-state index in [1.54, 1.807) is 37.2 Å². The minimum atomic E-state index is -0.360. The van der Waals surface area contributed by atoms with Gasteiger partial charge in [0.25, 0.3) is 0 Å². The first-order chi connectivity index (χ1) is 20.2. The second-order valence-electron chi connectivity index (χ2n) is 10.3. The van der Waals surface area contributed by atoms with Crippen LogP contribution in [0.4, 0.5) is 0 Å². The molecule has 0 aliphatic heterocycles. The highest BCUT2D eigenvalue weighted by Crippen LogP contribution is 2.39.